The number of benzene rings is 1. The number of carbonyl (C=O) groups excluding carboxylic acids is 1. The smallest absolute Gasteiger partial charge is 0.260 e. The molecule has 0 saturated carbocycles. The number of hydrogen-bond donors (Lipinski definition) is 1. The number of nitrogens with zero attached hydrogens (tertiary/aromatic N) is 2. The topological polar surface area (TPSA) is 44.8 Å². The van der Waals surface area contributed by atoms with Gasteiger partial charge in [-0.25, -0.2) is 4.39 Å². The summed E-state index contributed by atoms with van der Waals surface area (Å²) in [5.74, 6) is -0.502. The van der Waals surface area contributed by atoms with Crippen molar-refractivity contribution in [3.05, 3.63) is 29.6 Å². The fraction of sp³-hybridized carbons (Fsp3) is 0.562. The molecule has 128 valence electrons. The number of ether oxygens (including phenoxy) is 1. The maximum absolute atomic E-state index is 14.0. The first-order valence-corrected chi connectivity index (χ1v) is 7.77. The van der Waals surface area contributed by atoms with Crippen molar-refractivity contribution in [1.29, 1.82) is 0 Å². The van der Waals surface area contributed by atoms with E-state index in [0.29, 0.717) is 24.9 Å². The van der Waals surface area contributed by atoms with Crippen LogP contribution < -0.4 is 10.1 Å². The van der Waals surface area contributed by atoms with Crippen LogP contribution in [0.1, 0.15) is 16.8 Å². The molecule has 0 aliphatic carbocycles. The minimum atomic E-state index is -0.522. The van der Waals surface area contributed by atoms with E-state index in [0.717, 1.165) is 32.6 Å². The lowest BCUT2D eigenvalue weighted by atomic mass is 10.1. The molecule has 5 nitrogen and oxygen atoms in total. The van der Waals surface area contributed by atoms with Crippen molar-refractivity contribution in [1.82, 2.24) is 15.1 Å². The van der Waals surface area contributed by atoms with Crippen molar-refractivity contribution in [2.24, 2.45) is 0 Å². The van der Waals surface area contributed by atoms with E-state index in [9.17, 15) is 9.18 Å². The SMILES string of the molecule is COc1cccc(F)c1C(=O)N1CCN(C2CCNC2)CC1.Cl. The second-order valence-corrected chi connectivity index (χ2v) is 5.79. The van der Waals surface area contributed by atoms with Gasteiger partial charge in [0.2, 0.25) is 0 Å². The van der Waals surface area contributed by atoms with Crippen molar-refractivity contribution in [3.8, 4) is 5.75 Å². The number of halogens is 2. The van der Waals surface area contributed by atoms with Crippen molar-refractivity contribution >= 4 is 18.3 Å². The molecule has 1 amide bonds. The van der Waals surface area contributed by atoms with E-state index in [4.69, 9.17) is 4.74 Å². The van der Waals surface area contributed by atoms with E-state index in [1.165, 1.54) is 13.2 Å². The quantitative estimate of drug-likeness (QED) is 0.900. The van der Waals surface area contributed by atoms with E-state index < -0.39 is 5.82 Å². The van der Waals surface area contributed by atoms with Gasteiger partial charge in [-0.15, -0.1) is 12.4 Å². The highest BCUT2D eigenvalue weighted by Crippen LogP contribution is 2.24. The molecule has 1 aromatic rings. The normalized spacial score (nSPS) is 21.8. The Kier molecular flexibility index (Phi) is 6.21. The van der Waals surface area contributed by atoms with Crippen molar-refractivity contribution in [3.63, 3.8) is 0 Å². The van der Waals surface area contributed by atoms with Gasteiger partial charge in [-0.2, -0.15) is 0 Å². The zero-order valence-electron chi connectivity index (χ0n) is 13.3. The van der Waals surface area contributed by atoms with E-state index in [2.05, 4.69) is 10.2 Å². The largest absolute Gasteiger partial charge is 0.496 e. The third-order valence-corrected chi connectivity index (χ3v) is 4.56. The zero-order valence-corrected chi connectivity index (χ0v) is 14.1. The van der Waals surface area contributed by atoms with Crippen LogP contribution in [0.5, 0.6) is 5.75 Å². The standard InChI is InChI=1S/C16H22FN3O2.ClH/c1-22-14-4-2-3-13(17)15(14)16(21)20-9-7-19(8-10-20)12-5-6-18-11-12;/h2-4,12,18H,5-11H2,1H3;1H. The molecule has 7 heteroatoms. The average molecular weight is 344 g/mol. The van der Waals surface area contributed by atoms with Crippen molar-refractivity contribution in [2.45, 2.75) is 12.5 Å². The Bertz CT molecular complexity index is 544. The summed E-state index contributed by atoms with van der Waals surface area (Å²) in [6.45, 7) is 5.04. The molecule has 1 aromatic carbocycles. The first-order valence-electron chi connectivity index (χ1n) is 7.77. The lowest BCUT2D eigenvalue weighted by molar-refractivity contribution is 0.0576. The second-order valence-electron chi connectivity index (χ2n) is 5.79. The Balaban J connectivity index is 0.00000192. The minimum absolute atomic E-state index is 0. The van der Waals surface area contributed by atoms with Gasteiger partial charge in [0.15, 0.2) is 0 Å². The van der Waals surface area contributed by atoms with Gasteiger partial charge in [0, 0.05) is 38.8 Å². The molecule has 0 aromatic heterocycles. The second kappa shape index (κ2) is 7.95. The van der Waals surface area contributed by atoms with Crippen LogP contribution in [0.4, 0.5) is 4.39 Å². The summed E-state index contributed by atoms with van der Waals surface area (Å²) >= 11 is 0. The number of nitrogens with one attached hydrogen (secondary N) is 1. The predicted molar refractivity (Wildman–Crippen MR) is 89.0 cm³/mol. The van der Waals surface area contributed by atoms with E-state index in [-0.39, 0.29) is 23.9 Å². The molecule has 2 aliphatic rings. The Morgan fingerprint density at radius 2 is 2.04 bits per heavy atom. The molecule has 2 heterocycles. The monoisotopic (exact) mass is 343 g/mol. The van der Waals surface area contributed by atoms with Crippen molar-refractivity contribution < 1.29 is 13.9 Å². The molecule has 1 unspecified atom stereocenters. The van der Waals surface area contributed by atoms with Crippen LogP contribution in [0, 0.1) is 5.82 Å². The molecule has 0 spiro atoms. The van der Waals surface area contributed by atoms with Gasteiger partial charge < -0.3 is 15.0 Å². The summed E-state index contributed by atoms with van der Waals surface area (Å²) in [5, 5.41) is 3.36. The van der Waals surface area contributed by atoms with Gasteiger partial charge >= 0.3 is 0 Å². The molecule has 23 heavy (non-hydrogen) atoms. The highest BCUT2D eigenvalue weighted by atomic mass is 35.5. The summed E-state index contributed by atoms with van der Waals surface area (Å²) in [6, 6.07) is 5.04. The molecular weight excluding hydrogens is 321 g/mol. The van der Waals surface area contributed by atoms with Crippen LogP contribution in [0.2, 0.25) is 0 Å². The molecule has 0 bridgehead atoms. The summed E-state index contributed by atoms with van der Waals surface area (Å²) in [4.78, 5) is 16.7. The summed E-state index contributed by atoms with van der Waals surface area (Å²) in [7, 11) is 1.45. The van der Waals surface area contributed by atoms with Gasteiger partial charge in [-0.05, 0) is 25.1 Å². The number of carbonyl (C=O) groups is 1. The number of methoxy groups -OCH3 is 1. The molecule has 1 atom stereocenters. The maximum Gasteiger partial charge on any atom is 0.260 e. The lowest BCUT2D eigenvalue weighted by Gasteiger charge is -2.37. The molecule has 2 fully saturated rings. The van der Waals surface area contributed by atoms with Crippen LogP contribution in [-0.2, 0) is 0 Å². The van der Waals surface area contributed by atoms with Crippen LogP contribution in [-0.4, -0.2) is 68.1 Å². The molecule has 1 N–H and O–H groups in total. The molecule has 2 saturated heterocycles. The minimum Gasteiger partial charge on any atom is -0.496 e. The average Bonchev–Trinajstić information content (AvgIpc) is 3.08. The van der Waals surface area contributed by atoms with Crippen LogP contribution >= 0.6 is 12.4 Å². The summed E-state index contributed by atoms with van der Waals surface area (Å²) in [5.41, 5.74) is 0.0426. The Labute approximate surface area is 142 Å². The molecular formula is C16H23ClFN3O2. The summed E-state index contributed by atoms with van der Waals surface area (Å²) in [6.07, 6.45) is 1.16. The van der Waals surface area contributed by atoms with Gasteiger partial charge in [0.25, 0.3) is 5.91 Å². The van der Waals surface area contributed by atoms with Gasteiger partial charge in [0.1, 0.15) is 17.1 Å². The Morgan fingerprint density at radius 1 is 1.30 bits per heavy atom. The highest BCUT2D eigenvalue weighted by molar-refractivity contribution is 5.97. The number of piperazine rings is 1. The number of hydrogen-bond acceptors (Lipinski definition) is 4. The predicted octanol–water partition coefficient (Wildman–Crippen LogP) is 1.38. The Hall–Kier alpha value is -1.37. The van der Waals surface area contributed by atoms with E-state index >= 15 is 0 Å². The molecule has 0 radical (unpaired) electrons. The van der Waals surface area contributed by atoms with E-state index in [1.54, 1.807) is 17.0 Å². The van der Waals surface area contributed by atoms with Crippen LogP contribution in [0.3, 0.4) is 0 Å². The highest BCUT2D eigenvalue weighted by Gasteiger charge is 2.30. The molecule has 3 rings (SSSR count). The first-order chi connectivity index (χ1) is 10.7. The zero-order chi connectivity index (χ0) is 15.5. The van der Waals surface area contributed by atoms with Crippen LogP contribution in [0.25, 0.3) is 0 Å². The van der Waals surface area contributed by atoms with Gasteiger partial charge in [-0.3, -0.25) is 9.69 Å². The lowest BCUT2D eigenvalue weighted by Crippen LogP contribution is -2.52. The summed E-state index contributed by atoms with van der Waals surface area (Å²) < 4.78 is 19.2. The third kappa shape index (κ3) is 3.76. The first kappa shape index (κ1) is 18.0. The van der Waals surface area contributed by atoms with Gasteiger partial charge in [-0.1, -0.05) is 6.07 Å². The van der Waals surface area contributed by atoms with Crippen LogP contribution in [0.15, 0.2) is 18.2 Å². The van der Waals surface area contributed by atoms with Gasteiger partial charge in [0.05, 0.1) is 7.11 Å². The fourth-order valence-electron chi connectivity index (χ4n) is 3.28. The molecule has 2 aliphatic heterocycles. The van der Waals surface area contributed by atoms with Crippen molar-refractivity contribution in [2.75, 3.05) is 46.4 Å². The fourth-order valence-corrected chi connectivity index (χ4v) is 3.28. The third-order valence-electron chi connectivity index (χ3n) is 4.56. The Morgan fingerprint density at radius 3 is 2.65 bits per heavy atom. The number of rotatable bonds is 3. The van der Waals surface area contributed by atoms with E-state index in [1.807, 2.05) is 0 Å². The number of amides is 1. The maximum atomic E-state index is 14.0.